The quantitative estimate of drug-likeness (QED) is 0.380. The van der Waals surface area contributed by atoms with Crippen molar-refractivity contribution in [1.82, 2.24) is 0 Å². The molecule has 0 N–H and O–H groups in total. The third-order valence-electron chi connectivity index (χ3n) is 2.60. The van der Waals surface area contributed by atoms with Crippen LogP contribution in [0.15, 0.2) is 0 Å². The van der Waals surface area contributed by atoms with Gasteiger partial charge in [-0.2, -0.15) is 0 Å². The van der Waals surface area contributed by atoms with Crippen molar-refractivity contribution in [2.24, 2.45) is 0 Å². The molecule has 0 aromatic rings. The first-order valence-corrected chi connectivity index (χ1v) is 10.1. The molecule has 1 heteroatoms. The monoisotopic (exact) mass is 371 g/mol. The van der Waals surface area contributed by atoms with Crippen LogP contribution in [0.5, 0.6) is 0 Å². The molecule has 0 radical (unpaired) electrons. The summed E-state index contributed by atoms with van der Waals surface area (Å²) in [5.74, 6) is 0. The van der Waals surface area contributed by atoms with Gasteiger partial charge in [0.2, 0.25) is 0 Å². The van der Waals surface area contributed by atoms with E-state index in [4.69, 9.17) is 0 Å². The summed E-state index contributed by atoms with van der Waals surface area (Å²) >= 11 is 1.06. The second-order valence-electron chi connectivity index (χ2n) is 4.04. The molecule has 0 nitrogen and oxygen atoms in total. The second-order valence-corrected chi connectivity index (χ2v) is 6.78. The molecule has 0 aliphatic heterocycles. The van der Waals surface area contributed by atoms with Crippen molar-refractivity contribution in [2.75, 3.05) is 0 Å². The number of rotatable bonds is 10. The molecule has 75 valence electrons. The summed E-state index contributed by atoms with van der Waals surface area (Å²) in [7, 11) is 0. The number of unbranched alkanes of at least 4 members (excludes halogenated alkanes) is 9. The zero-order valence-electron chi connectivity index (χ0n) is 9.49. The minimum absolute atomic E-state index is 1.06. The van der Waals surface area contributed by atoms with E-state index in [1.54, 1.807) is 3.93 Å². The third-order valence-corrected chi connectivity index (χ3v) is 4.55. The van der Waals surface area contributed by atoms with Gasteiger partial charge < -0.3 is 0 Å². The molecule has 0 unspecified atom stereocenters. The van der Waals surface area contributed by atoms with Crippen molar-refractivity contribution in [3.63, 3.8) is 0 Å². The van der Waals surface area contributed by atoms with Gasteiger partial charge in [0.15, 0.2) is 0 Å². The van der Waals surface area contributed by atoms with Crippen LogP contribution in [0.25, 0.3) is 0 Å². The molecule has 0 aromatic carbocycles. The van der Waals surface area contributed by atoms with Crippen molar-refractivity contribution in [3.05, 3.63) is 0 Å². The molecule has 0 aliphatic carbocycles. The Kier molecular flexibility index (Phi) is 13.9. The van der Waals surface area contributed by atoms with Crippen molar-refractivity contribution in [2.45, 2.75) is 75.1 Å². The van der Waals surface area contributed by atoms with Crippen LogP contribution in [0.1, 0.15) is 71.1 Å². The summed E-state index contributed by atoms with van der Waals surface area (Å²) in [5, 5.41) is 0. The summed E-state index contributed by atoms with van der Waals surface area (Å²) in [5.41, 5.74) is 0. The molecule has 0 saturated carbocycles. The van der Waals surface area contributed by atoms with Gasteiger partial charge in [-0.15, -0.1) is 0 Å². The van der Waals surface area contributed by atoms with E-state index >= 15 is 0 Å². The zero-order valence-corrected chi connectivity index (χ0v) is 15.0. The summed E-state index contributed by atoms with van der Waals surface area (Å²) in [6.45, 7) is 2.29. The fourth-order valence-electron chi connectivity index (χ4n) is 1.66. The standard InChI is InChI=1S/C12H25.Hg/c1-3-5-7-9-11-12-10-8-6-4-2;/h1,3-12H2,2H3;. The van der Waals surface area contributed by atoms with E-state index in [9.17, 15) is 0 Å². The molecule has 0 aliphatic rings. The van der Waals surface area contributed by atoms with Crippen molar-refractivity contribution < 1.29 is 26.1 Å². The van der Waals surface area contributed by atoms with Crippen LogP contribution in [0.2, 0.25) is 3.93 Å². The van der Waals surface area contributed by atoms with Crippen molar-refractivity contribution in [1.29, 1.82) is 0 Å². The van der Waals surface area contributed by atoms with Crippen LogP contribution in [0.4, 0.5) is 0 Å². The average molecular weight is 370 g/mol. The van der Waals surface area contributed by atoms with E-state index in [0.29, 0.717) is 0 Å². The Hall–Kier alpha value is 0.935. The Morgan fingerprint density at radius 3 is 1.38 bits per heavy atom. The van der Waals surface area contributed by atoms with Crippen LogP contribution in [-0.2, 0) is 26.1 Å². The fourth-order valence-corrected chi connectivity index (χ4v) is 3.04. The van der Waals surface area contributed by atoms with Gasteiger partial charge in [0.1, 0.15) is 0 Å². The van der Waals surface area contributed by atoms with Crippen LogP contribution in [0, 0.1) is 0 Å². The molecule has 0 aromatic heterocycles. The predicted molar refractivity (Wildman–Crippen MR) is 56.7 cm³/mol. The molecule has 0 fully saturated rings. The maximum absolute atomic E-state index is 2.29. The molecular weight excluding hydrogens is 345 g/mol. The van der Waals surface area contributed by atoms with Crippen LogP contribution >= 0.6 is 0 Å². The molecule has 0 rings (SSSR count). The Morgan fingerprint density at radius 2 is 1.00 bits per heavy atom. The topological polar surface area (TPSA) is 0 Å². The molecule has 0 spiro atoms. The third kappa shape index (κ3) is 12.9. The molecule has 0 heterocycles. The van der Waals surface area contributed by atoms with Gasteiger partial charge in [-0.3, -0.25) is 0 Å². The van der Waals surface area contributed by atoms with E-state index < -0.39 is 0 Å². The summed E-state index contributed by atoms with van der Waals surface area (Å²) in [4.78, 5) is 0. The summed E-state index contributed by atoms with van der Waals surface area (Å²) < 4.78 is 1.57. The summed E-state index contributed by atoms with van der Waals surface area (Å²) in [6.07, 6.45) is 14.8. The van der Waals surface area contributed by atoms with Crippen molar-refractivity contribution >= 4 is 0 Å². The molecule has 13 heavy (non-hydrogen) atoms. The van der Waals surface area contributed by atoms with E-state index in [2.05, 4.69) is 6.92 Å². The molecule has 0 atom stereocenters. The van der Waals surface area contributed by atoms with Crippen LogP contribution in [-0.4, -0.2) is 0 Å². The van der Waals surface area contributed by atoms with Crippen LogP contribution in [0.3, 0.4) is 0 Å². The van der Waals surface area contributed by atoms with E-state index in [1.165, 1.54) is 64.2 Å². The minimum atomic E-state index is 1.06. The molecule has 0 amide bonds. The second kappa shape index (κ2) is 12.9. The van der Waals surface area contributed by atoms with Gasteiger partial charge in [0.05, 0.1) is 0 Å². The number of hydrogen-bond donors (Lipinski definition) is 0. The zero-order chi connectivity index (χ0) is 9.78. The first-order valence-electron chi connectivity index (χ1n) is 6.21. The van der Waals surface area contributed by atoms with Gasteiger partial charge in [-0.1, -0.05) is 0 Å². The van der Waals surface area contributed by atoms with Gasteiger partial charge in [0.25, 0.3) is 0 Å². The maximum atomic E-state index is 2.29. The molecule has 0 bridgehead atoms. The van der Waals surface area contributed by atoms with Gasteiger partial charge >= 0.3 is 101 Å². The SMILES string of the molecule is CCCCCCCCCCC[CH2][Hg]. The Morgan fingerprint density at radius 1 is 0.615 bits per heavy atom. The predicted octanol–water partition coefficient (Wildman–Crippen LogP) is 4.87. The Balaban J connectivity index is 2.76. The Labute approximate surface area is 101 Å². The van der Waals surface area contributed by atoms with E-state index in [0.717, 1.165) is 26.1 Å². The van der Waals surface area contributed by atoms with Gasteiger partial charge in [-0.05, 0) is 0 Å². The average Bonchev–Trinajstić information content (AvgIpc) is 2.16. The van der Waals surface area contributed by atoms with E-state index in [1.807, 2.05) is 0 Å². The van der Waals surface area contributed by atoms with E-state index in [-0.39, 0.29) is 0 Å². The van der Waals surface area contributed by atoms with Gasteiger partial charge in [-0.25, -0.2) is 0 Å². The number of hydrogen-bond acceptors (Lipinski definition) is 0. The van der Waals surface area contributed by atoms with Crippen LogP contribution < -0.4 is 0 Å². The normalized spacial score (nSPS) is 10.7. The first-order chi connectivity index (χ1) is 6.41. The van der Waals surface area contributed by atoms with Crippen molar-refractivity contribution in [3.8, 4) is 0 Å². The van der Waals surface area contributed by atoms with Gasteiger partial charge in [0, 0.05) is 0 Å². The fraction of sp³-hybridized carbons (Fsp3) is 1.00. The summed E-state index contributed by atoms with van der Waals surface area (Å²) in [6, 6.07) is 0. The molecular formula is C12H25Hg. The Bertz CT molecular complexity index is 71.2. The molecule has 0 saturated heterocycles. The first kappa shape index (κ1) is 13.9.